The number of amides is 1. The van der Waals surface area contributed by atoms with E-state index < -0.39 is 0 Å². The maximum atomic E-state index is 12.3. The Morgan fingerprint density at radius 1 is 1.08 bits per heavy atom. The number of benzene rings is 2. The van der Waals surface area contributed by atoms with Crippen LogP contribution in [0, 0.1) is 0 Å². The van der Waals surface area contributed by atoms with Crippen LogP contribution in [-0.2, 0) is 4.79 Å². The second kappa shape index (κ2) is 9.59. The molecule has 0 aliphatic rings. The summed E-state index contributed by atoms with van der Waals surface area (Å²) in [5.41, 5.74) is 0. The first kappa shape index (κ1) is 19.5. The van der Waals surface area contributed by atoms with E-state index >= 15 is 0 Å². The third kappa shape index (κ3) is 6.52. The van der Waals surface area contributed by atoms with Gasteiger partial charge in [0, 0.05) is 9.92 Å². The molecule has 0 saturated carbocycles. The van der Waals surface area contributed by atoms with Gasteiger partial charge >= 0.3 is 0 Å². The Hall–Kier alpha value is -1.85. The summed E-state index contributed by atoms with van der Waals surface area (Å²) in [7, 11) is 1.62. The first-order chi connectivity index (χ1) is 12.0. The summed E-state index contributed by atoms with van der Waals surface area (Å²) in [4.78, 5) is 13.3. The SMILES string of the molecule is COc1ccc(OCC(C)NC(=O)C(C)Sc2ccc(Cl)cc2)cc1. The van der Waals surface area contributed by atoms with Crippen LogP contribution in [-0.4, -0.2) is 30.9 Å². The summed E-state index contributed by atoms with van der Waals surface area (Å²) in [6, 6.07) is 14.7. The highest BCUT2D eigenvalue weighted by Crippen LogP contribution is 2.24. The molecule has 0 radical (unpaired) electrons. The number of ether oxygens (including phenoxy) is 2. The van der Waals surface area contributed by atoms with Gasteiger partial charge in [-0.2, -0.15) is 0 Å². The molecule has 1 amide bonds. The Kier molecular flexibility index (Phi) is 7.47. The number of nitrogens with one attached hydrogen (secondary N) is 1. The summed E-state index contributed by atoms with van der Waals surface area (Å²) in [6.45, 7) is 4.20. The van der Waals surface area contributed by atoms with Gasteiger partial charge in [-0.05, 0) is 62.4 Å². The number of methoxy groups -OCH3 is 1. The molecular formula is C19H22ClNO3S. The van der Waals surface area contributed by atoms with Gasteiger partial charge in [-0.3, -0.25) is 4.79 Å². The van der Waals surface area contributed by atoms with Gasteiger partial charge in [0.1, 0.15) is 18.1 Å². The fourth-order valence-electron chi connectivity index (χ4n) is 2.07. The van der Waals surface area contributed by atoms with E-state index in [0.29, 0.717) is 11.6 Å². The Labute approximate surface area is 157 Å². The van der Waals surface area contributed by atoms with Crippen molar-refractivity contribution in [2.24, 2.45) is 0 Å². The van der Waals surface area contributed by atoms with Crippen LogP contribution >= 0.6 is 23.4 Å². The molecule has 1 N–H and O–H groups in total. The zero-order valence-electron chi connectivity index (χ0n) is 14.5. The van der Waals surface area contributed by atoms with Crippen LogP contribution in [0.5, 0.6) is 11.5 Å². The predicted octanol–water partition coefficient (Wildman–Crippen LogP) is 4.41. The third-order valence-electron chi connectivity index (χ3n) is 3.44. The van der Waals surface area contributed by atoms with Crippen molar-refractivity contribution >= 4 is 29.3 Å². The molecule has 0 spiro atoms. The monoisotopic (exact) mass is 379 g/mol. The third-order valence-corrected chi connectivity index (χ3v) is 4.81. The second-order valence-electron chi connectivity index (χ2n) is 5.61. The Bertz CT molecular complexity index is 676. The van der Waals surface area contributed by atoms with Crippen molar-refractivity contribution in [2.45, 2.75) is 30.0 Å². The number of rotatable bonds is 8. The number of carbonyl (C=O) groups is 1. The molecule has 0 aromatic heterocycles. The van der Waals surface area contributed by atoms with Crippen molar-refractivity contribution in [1.82, 2.24) is 5.32 Å². The zero-order valence-corrected chi connectivity index (χ0v) is 16.1. The van der Waals surface area contributed by atoms with Crippen molar-refractivity contribution in [3.05, 3.63) is 53.6 Å². The fraction of sp³-hybridized carbons (Fsp3) is 0.316. The van der Waals surface area contributed by atoms with E-state index in [9.17, 15) is 4.79 Å². The van der Waals surface area contributed by atoms with Crippen LogP contribution < -0.4 is 14.8 Å². The van der Waals surface area contributed by atoms with Crippen molar-refractivity contribution in [1.29, 1.82) is 0 Å². The molecule has 0 aliphatic carbocycles. The minimum atomic E-state index is -0.204. The molecule has 0 fully saturated rings. The maximum Gasteiger partial charge on any atom is 0.233 e. The van der Waals surface area contributed by atoms with Crippen molar-refractivity contribution in [3.8, 4) is 11.5 Å². The average molecular weight is 380 g/mol. The molecule has 2 atom stereocenters. The van der Waals surface area contributed by atoms with E-state index in [-0.39, 0.29) is 17.2 Å². The lowest BCUT2D eigenvalue weighted by Crippen LogP contribution is -2.40. The van der Waals surface area contributed by atoms with Crippen molar-refractivity contribution < 1.29 is 14.3 Å². The number of hydrogen-bond donors (Lipinski definition) is 1. The number of hydrogen-bond acceptors (Lipinski definition) is 4. The van der Waals surface area contributed by atoms with Gasteiger partial charge in [-0.15, -0.1) is 11.8 Å². The Morgan fingerprint density at radius 2 is 1.68 bits per heavy atom. The smallest absolute Gasteiger partial charge is 0.233 e. The van der Waals surface area contributed by atoms with Crippen LogP contribution in [0.2, 0.25) is 5.02 Å². The lowest BCUT2D eigenvalue weighted by atomic mass is 10.3. The lowest BCUT2D eigenvalue weighted by molar-refractivity contribution is -0.121. The van der Waals surface area contributed by atoms with E-state index in [0.717, 1.165) is 16.4 Å². The molecule has 0 saturated heterocycles. The molecule has 0 aliphatic heterocycles. The van der Waals surface area contributed by atoms with Crippen LogP contribution in [0.15, 0.2) is 53.4 Å². The molecule has 2 aromatic carbocycles. The van der Waals surface area contributed by atoms with Gasteiger partial charge in [0.15, 0.2) is 0 Å². The van der Waals surface area contributed by atoms with Gasteiger partial charge < -0.3 is 14.8 Å². The highest BCUT2D eigenvalue weighted by Gasteiger charge is 2.16. The predicted molar refractivity (Wildman–Crippen MR) is 103 cm³/mol. The van der Waals surface area contributed by atoms with Crippen molar-refractivity contribution in [2.75, 3.05) is 13.7 Å². The quantitative estimate of drug-likeness (QED) is 0.690. The van der Waals surface area contributed by atoms with E-state index in [1.54, 1.807) is 7.11 Å². The minimum absolute atomic E-state index is 0.0224. The molecule has 0 bridgehead atoms. The van der Waals surface area contributed by atoms with Crippen LogP contribution in [0.3, 0.4) is 0 Å². The summed E-state index contributed by atoms with van der Waals surface area (Å²) >= 11 is 7.37. The number of halogens is 1. The van der Waals surface area contributed by atoms with Crippen LogP contribution in [0.1, 0.15) is 13.8 Å². The van der Waals surface area contributed by atoms with E-state index in [4.69, 9.17) is 21.1 Å². The van der Waals surface area contributed by atoms with Gasteiger partial charge in [-0.25, -0.2) is 0 Å². The van der Waals surface area contributed by atoms with E-state index in [1.807, 2.05) is 62.4 Å². The minimum Gasteiger partial charge on any atom is -0.497 e. The second-order valence-corrected chi connectivity index (χ2v) is 7.46. The summed E-state index contributed by atoms with van der Waals surface area (Å²) < 4.78 is 10.8. The van der Waals surface area contributed by atoms with Gasteiger partial charge in [0.25, 0.3) is 0 Å². The van der Waals surface area contributed by atoms with Crippen LogP contribution in [0.25, 0.3) is 0 Å². The lowest BCUT2D eigenvalue weighted by Gasteiger charge is -2.18. The topological polar surface area (TPSA) is 47.6 Å². The fourth-order valence-corrected chi connectivity index (χ4v) is 3.07. The first-order valence-corrected chi connectivity index (χ1v) is 9.23. The highest BCUT2D eigenvalue weighted by atomic mass is 35.5. The molecule has 2 aromatic rings. The summed E-state index contributed by atoms with van der Waals surface area (Å²) in [6.07, 6.45) is 0. The largest absolute Gasteiger partial charge is 0.497 e. The average Bonchev–Trinajstić information content (AvgIpc) is 2.62. The van der Waals surface area contributed by atoms with Gasteiger partial charge in [0.05, 0.1) is 18.4 Å². The van der Waals surface area contributed by atoms with Crippen molar-refractivity contribution in [3.63, 3.8) is 0 Å². The molecular weight excluding hydrogens is 358 g/mol. The standard InChI is InChI=1S/C19H22ClNO3S/c1-13(12-24-17-8-6-16(23-3)7-9-17)21-19(22)14(2)25-18-10-4-15(20)5-11-18/h4-11,13-14H,12H2,1-3H3,(H,21,22). The molecule has 2 rings (SSSR count). The first-order valence-electron chi connectivity index (χ1n) is 7.97. The summed E-state index contributed by atoms with van der Waals surface area (Å²) in [5, 5.41) is 3.45. The molecule has 25 heavy (non-hydrogen) atoms. The molecule has 0 heterocycles. The van der Waals surface area contributed by atoms with Crippen LogP contribution in [0.4, 0.5) is 0 Å². The number of thioether (sulfide) groups is 1. The van der Waals surface area contributed by atoms with E-state index in [1.165, 1.54) is 11.8 Å². The zero-order chi connectivity index (χ0) is 18.2. The Morgan fingerprint density at radius 3 is 2.28 bits per heavy atom. The molecule has 134 valence electrons. The maximum absolute atomic E-state index is 12.3. The normalized spacial score (nSPS) is 13.0. The van der Waals surface area contributed by atoms with Gasteiger partial charge in [0.2, 0.25) is 5.91 Å². The molecule has 4 nitrogen and oxygen atoms in total. The van der Waals surface area contributed by atoms with E-state index in [2.05, 4.69) is 5.32 Å². The van der Waals surface area contributed by atoms with Gasteiger partial charge in [-0.1, -0.05) is 11.6 Å². The highest BCUT2D eigenvalue weighted by molar-refractivity contribution is 8.00. The molecule has 6 heteroatoms. The summed E-state index contributed by atoms with van der Waals surface area (Å²) in [5.74, 6) is 1.50. The molecule has 2 unspecified atom stereocenters. The Balaban J connectivity index is 1.77. The number of carbonyl (C=O) groups excluding carboxylic acids is 1.